The molecule has 160 valence electrons. The van der Waals surface area contributed by atoms with Crippen LogP contribution >= 0.6 is 0 Å². The Morgan fingerprint density at radius 3 is 2.34 bits per heavy atom. The van der Waals surface area contributed by atoms with E-state index in [1.165, 1.54) is 27.1 Å². The van der Waals surface area contributed by atoms with Crippen molar-refractivity contribution in [3.05, 3.63) is 29.3 Å². The van der Waals surface area contributed by atoms with E-state index in [1.54, 1.807) is 18.2 Å². The zero-order valence-electron chi connectivity index (χ0n) is 17.6. The van der Waals surface area contributed by atoms with Gasteiger partial charge >= 0.3 is 11.9 Å². The molecule has 1 aliphatic heterocycles. The van der Waals surface area contributed by atoms with Gasteiger partial charge in [0.1, 0.15) is 11.9 Å². The van der Waals surface area contributed by atoms with Crippen LogP contribution in [0.4, 0.5) is 0 Å². The third-order valence-electron chi connectivity index (χ3n) is 6.05. The molecule has 0 atom stereocenters. The Bertz CT molecular complexity index is 711. The maximum Gasteiger partial charge on any atom is 0.338 e. The van der Waals surface area contributed by atoms with E-state index in [0.717, 1.165) is 44.9 Å². The molecule has 2 aliphatic rings. The number of methoxy groups -OCH3 is 2. The second kappa shape index (κ2) is 10.1. The van der Waals surface area contributed by atoms with Crippen LogP contribution in [-0.4, -0.2) is 69.4 Å². The van der Waals surface area contributed by atoms with Crippen molar-refractivity contribution < 1.29 is 23.8 Å². The molecule has 1 aliphatic carbocycles. The summed E-state index contributed by atoms with van der Waals surface area (Å²) in [5, 5.41) is 3.43. The van der Waals surface area contributed by atoms with Crippen molar-refractivity contribution >= 4 is 11.9 Å². The molecule has 7 heteroatoms. The number of carbonyl (C=O) groups excluding carboxylic acids is 2. The van der Waals surface area contributed by atoms with Crippen LogP contribution < -0.4 is 10.1 Å². The number of piperidine rings is 1. The van der Waals surface area contributed by atoms with E-state index in [0.29, 0.717) is 11.8 Å². The number of carbonyl (C=O) groups is 2. The molecule has 7 nitrogen and oxygen atoms in total. The van der Waals surface area contributed by atoms with Gasteiger partial charge in [0.25, 0.3) is 0 Å². The summed E-state index contributed by atoms with van der Waals surface area (Å²) in [6, 6.07) is 5.38. The van der Waals surface area contributed by atoms with E-state index in [2.05, 4.69) is 17.1 Å². The normalized spacial score (nSPS) is 22.1. The lowest BCUT2D eigenvalue weighted by Crippen LogP contribution is -2.51. The molecule has 1 N–H and O–H groups in total. The number of ether oxygens (including phenoxy) is 3. The summed E-state index contributed by atoms with van der Waals surface area (Å²) in [5.41, 5.74) is 0.339. The van der Waals surface area contributed by atoms with Gasteiger partial charge in [0.05, 0.1) is 25.3 Å². The zero-order valence-corrected chi connectivity index (χ0v) is 17.6. The third kappa shape index (κ3) is 5.28. The molecule has 0 unspecified atom stereocenters. The van der Waals surface area contributed by atoms with Gasteiger partial charge in [-0.15, -0.1) is 0 Å². The zero-order chi connectivity index (χ0) is 20.8. The standard InChI is InChI=1S/C22H32N2O5/c1-4-24(14-15-7-9-23-10-8-15)16-11-18(12-16)29-17-5-6-19(21(25)27-2)20(13-17)22(26)28-3/h5-6,13,15-16,18,23H,4,7-12,14H2,1-3H3. The fraction of sp³-hybridized carbons (Fsp3) is 0.636. The number of benzene rings is 1. The van der Waals surface area contributed by atoms with Crippen LogP contribution in [0.3, 0.4) is 0 Å². The number of hydrogen-bond donors (Lipinski definition) is 1. The van der Waals surface area contributed by atoms with Crippen LogP contribution in [0.5, 0.6) is 5.75 Å². The Hall–Kier alpha value is -2.12. The van der Waals surface area contributed by atoms with Gasteiger partial charge in [0.2, 0.25) is 0 Å². The fourth-order valence-electron chi connectivity index (χ4n) is 4.22. The second-order valence-electron chi connectivity index (χ2n) is 7.84. The van der Waals surface area contributed by atoms with Crippen molar-refractivity contribution in [1.82, 2.24) is 10.2 Å². The van der Waals surface area contributed by atoms with E-state index in [4.69, 9.17) is 14.2 Å². The highest BCUT2D eigenvalue weighted by Gasteiger charge is 2.35. The van der Waals surface area contributed by atoms with Crippen LogP contribution in [0.2, 0.25) is 0 Å². The molecule has 29 heavy (non-hydrogen) atoms. The van der Waals surface area contributed by atoms with E-state index >= 15 is 0 Å². The van der Waals surface area contributed by atoms with Gasteiger partial charge in [0, 0.05) is 25.4 Å². The van der Waals surface area contributed by atoms with Gasteiger partial charge in [-0.2, -0.15) is 0 Å². The quantitative estimate of drug-likeness (QED) is 0.667. The lowest BCUT2D eigenvalue weighted by molar-refractivity contribution is 0.0104. The molecule has 2 fully saturated rings. The molecule has 1 saturated heterocycles. The minimum Gasteiger partial charge on any atom is -0.490 e. The van der Waals surface area contributed by atoms with E-state index < -0.39 is 11.9 Å². The van der Waals surface area contributed by atoms with E-state index in [9.17, 15) is 9.59 Å². The Balaban J connectivity index is 1.57. The van der Waals surface area contributed by atoms with Gasteiger partial charge < -0.3 is 24.4 Å². The summed E-state index contributed by atoms with van der Waals surface area (Å²) in [7, 11) is 2.57. The Kier molecular flexibility index (Phi) is 7.50. The van der Waals surface area contributed by atoms with Crippen LogP contribution in [0.1, 0.15) is 53.3 Å². The first-order chi connectivity index (χ1) is 14.0. The fourth-order valence-corrected chi connectivity index (χ4v) is 4.22. The summed E-state index contributed by atoms with van der Waals surface area (Å²) in [4.78, 5) is 26.5. The summed E-state index contributed by atoms with van der Waals surface area (Å²) in [6.45, 7) is 6.70. The Labute approximate surface area is 172 Å². The lowest BCUT2D eigenvalue weighted by atomic mass is 9.86. The van der Waals surface area contributed by atoms with Gasteiger partial charge in [-0.25, -0.2) is 9.59 Å². The number of nitrogens with zero attached hydrogens (tertiary/aromatic N) is 1. The predicted molar refractivity (Wildman–Crippen MR) is 109 cm³/mol. The van der Waals surface area contributed by atoms with Crippen LogP contribution in [0.25, 0.3) is 0 Å². The minimum atomic E-state index is -0.582. The van der Waals surface area contributed by atoms with Crippen molar-refractivity contribution in [3.8, 4) is 5.75 Å². The number of hydrogen-bond acceptors (Lipinski definition) is 7. The molecule has 0 bridgehead atoms. The monoisotopic (exact) mass is 404 g/mol. The van der Waals surface area contributed by atoms with Crippen molar-refractivity contribution in [3.63, 3.8) is 0 Å². The average molecular weight is 405 g/mol. The molecule has 0 spiro atoms. The molecule has 1 saturated carbocycles. The van der Waals surface area contributed by atoms with Gasteiger partial charge in [0.15, 0.2) is 0 Å². The van der Waals surface area contributed by atoms with E-state index in [-0.39, 0.29) is 17.2 Å². The summed E-state index contributed by atoms with van der Waals surface area (Å²) < 4.78 is 15.6. The first-order valence-corrected chi connectivity index (χ1v) is 10.5. The van der Waals surface area contributed by atoms with Crippen molar-refractivity contribution in [2.24, 2.45) is 5.92 Å². The maximum absolute atomic E-state index is 12.0. The van der Waals surface area contributed by atoms with Crippen molar-refractivity contribution in [2.75, 3.05) is 40.4 Å². The number of esters is 2. The smallest absolute Gasteiger partial charge is 0.338 e. The van der Waals surface area contributed by atoms with Crippen LogP contribution in [-0.2, 0) is 9.47 Å². The predicted octanol–water partition coefficient (Wildman–Crippen LogP) is 2.49. The highest BCUT2D eigenvalue weighted by atomic mass is 16.5. The number of rotatable bonds is 8. The Morgan fingerprint density at radius 2 is 1.72 bits per heavy atom. The molecule has 1 heterocycles. The van der Waals surface area contributed by atoms with Gasteiger partial charge in [-0.3, -0.25) is 0 Å². The van der Waals surface area contributed by atoms with Crippen LogP contribution in [0.15, 0.2) is 18.2 Å². The highest BCUT2D eigenvalue weighted by molar-refractivity contribution is 6.03. The summed E-state index contributed by atoms with van der Waals surface area (Å²) in [6.07, 6.45) is 4.59. The second-order valence-corrected chi connectivity index (χ2v) is 7.84. The first kappa shape index (κ1) is 21.6. The molecule has 1 aromatic carbocycles. The van der Waals surface area contributed by atoms with Crippen LogP contribution in [0, 0.1) is 5.92 Å². The van der Waals surface area contributed by atoms with Crippen molar-refractivity contribution in [1.29, 1.82) is 0 Å². The molecule has 0 aromatic heterocycles. The number of nitrogens with one attached hydrogen (secondary N) is 1. The lowest BCUT2D eigenvalue weighted by Gasteiger charge is -2.44. The van der Waals surface area contributed by atoms with Gasteiger partial charge in [-0.1, -0.05) is 6.92 Å². The maximum atomic E-state index is 12.0. The molecule has 1 aromatic rings. The topological polar surface area (TPSA) is 77.1 Å². The molecular weight excluding hydrogens is 372 g/mol. The average Bonchev–Trinajstić information content (AvgIpc) is 2.74. The van der Waals surface area contributed by atoms with Crippen molar-refractivity contribution in [2.45, 2.75) is 44.8 Å². The first-order valence-electron chi connectivity index (χ1n) is 10.5. The summed E-state index contributed by atoms with van der Waals surface area (Å²) >= 11 is 0. The minimum absolute atomic E-state index is 0.122. The third-order valence-corrected chi connectivity index (χ3v) is 6.05. The molecule has 3 rings (SSSR count). The van der Waals surface area contributed by atoms with E-state index in [1.807, 2.05) is 0 Å². The molecule has 0 amide bonds. The highest BCUT2D eigenvalue weighted by Crippen LogP contribution is 2.32. The largest absolute Gasteiger partial charge is 0.490 e. The summed E-state index contributed by atoms with van der Waals surface area (Å²) in [5.74, 6) is 0.200. The SMILES string of the molecule is CCN(CC1CCNCC1)C1CC(Oc2ccc(C(=O)OC)c(C(=O)OC)c2)C1. The van der Waals surface area contributed by atoms with Gasteiger partial charge in [-0.05, 0) is 56.6 Å². The molecular formula is C22H32N2O5. The molecule has 0 radical (unpaired) electrons. The Morgan fingerprint density at radius 1 is 1.07 bits per heavy atom.